The molecule has 124 valence electrons. The SMILES string of the molecule is CCOCCCNCc1cc(Cl)c(OCC(N)=O)c(OC)c1. The fourth-order valence-electron chi connectivity index (χ4n) is 1.83. The molecule has 0 fully saturated rings. The third-order valence-corrected chi connectivity index (χ3v) is 3.10. The molecule has 0 saturated carbocycles. The number of rotatable bonds is 11. The second kappa shape index (κ2) is 10.3. The number of carbonyl (C=O) groups excluding carboxylic acids is 1. The Labute approximate surface area is 135 Å². The van der Waals surface area contributed by atoms with Crippen LogP contribution in [0.25, 0.3) is 0 Å². The lowest BCUT2D eigenvalue weighted by atomic mass is 10.2. The highest BCUT2D eigenvalue weighted by atomic mass is 35.5. The average molecular weight is 331 g/mol. The van der Waals surface area contributed by atoms with E-state index in [2.05, 4.69) is 5.32 Å². The Morgan fingerprint density at radius 3 is 2.82 bits per heavy atom. The highest BCUT2D eigenvalue weighted by Crippen LogP contribution is 2.36. The van der Waals surface area contributed by atoms with Gasteiger partial charge in [-0.25, -0.2) is 0 Å². The summed E-state index contributed by atoms with van der Waals surface area (Å²) in [7, 11) is 1.52. The van der Waals surface area contributed by atoms with E-state index in [0.717, 1.165) is 31.7 Å². The smallest absolute Gasteiger partial charge is 0.255 e. The molecule has 0 saturated heterocycles. The van der Waals surface area contributed by atoms with Crippen LogP contribution < -0.4 is 20.5 Å². The number of nitrogens with one attached hydrogen (secondary N) is 1. The minimum absolute atomic E-state index is 0.245. The Bertz CT molecular complexity index is 483. The van der Waals surface area contributed by atoms with Crippen LogP contribution in [0.4, 0.5) is 0 Å². The first kappa shape index (κ1) is 18.5. The number of ether oxygens (including phenoxy) is 3. The maximum Gasteiger partial charge on any atom is 0.255 e. The molecule has 1 aromatic carbocycles. The van der Waals surface area contributed by atoms with E-state index in [4.69, 9.17) is 31.5 Å². The number of carbonyl (C=O) groups is 1. The topological polar surface area (TPSA) is 82.8 Å². The van der Waals surface area contributed by atoms with Crippen LogP contribution in [0.2, 0.25) is 5.02 Å². The molecule has 0 aromatic heterocycles. The Morgan fingerprint density at radius 1 is 1.41 bits per heavy atom. The van der Waals surface area contributed by atoms with Crippen LogP contribution in [0.3, 0.4) is 0 Å². The minimum Gasteiger partial charge on any atom is -0.493 e. The fraction of sp³-hybridized carbons (Fsp3) is 0.533. The van der Waals surface area contributed by atoms with Gasteiger partial charge in [-0.1, -0.05) is 11.6 Å². The second-order valence-corrected chi connectivity index (χ2v) is 5.00. The summed E-state index contributed by atoms with van der Waals surface area (Å²) in [4.78, 5) is 10.8. The average Bonchev–Trinajstić information content (AvgIpc) is 2.48. The van der Waals surface area contributed by atoms with Gasteiger partial charge < -0.3 is 25.3 Å². The van der Waals surface area contributed by atoms with Crippen LogP contribution >= 0.6 is 11.6 Å². The van der Waals surface area contributed by atoms with Crippen molar-refractivity contribution in [1.82, 2.24) is 5.32 Å². The normalized spacial score (nSPS) is 10.5. The van der Waals surface area contributed by atoms with Gasteiger partial charge in [-0.15, -0.1) is 0 Å². The summed E-state index contributed by atoms with van der Waals surface area (Å²) < 4.78 is 15.8. The van der Waals surface area contributed by atoms with Gasteiger partial charge in [0.2, 0.25) is 0 Å². The molecule has 0 radical (unpaired) electrons. The molecular weight excluding hydrogens is 308 g/mol. The van der Waals surface area contributed by atoms with Gasteiger partial charge in [0, 0.05) is 19.8 Å². The van der Waals surface area contributed by atoms with Crippen LogP contribution in [0.5, 0.6) is 11.5 Å². The summed E-state index contributed by atoms with van der Waals surface area (Å²) in [5, 5.41) is 3.68. The molecule has 0 aliphatic rings. The van der Waals surface area contributed by atoms with Crippen molar-refractivity contribution in [3.8, 4) is 11.5 Å². The fourth-order valence-corrected chi connectivity index (χ4v) is 2.12. The van der Waals surface area contributed by atoms with Crippen LogP contribution in [0, 0.1) is 0 Å². The quantitative estimate of drug-likeness (QED) is 0.604. The van der Waals surface area contributed by atoms with Crippen molar-refractivity contribution < 1.29 is 19.0 Å². The zero-order valence-electron chi connectivity index (χ0n) is 13.0. The summed E-state index contributed by atoms with van der Waals surface area (Å²) in [5.74, 6) is 0.223. The molecule has 1 amide bonds. The van der Waals surface area contributed by atoms with Crippen molar-refractivity contribution >= 4 is 17.5 Å². The molecule has 7 heteroatoms. The van der Waals surface area contributed by atoms with E-state index in [1.807, 2.05) is 13.0 Å². The zero-order valence-corrected chi connectivity index (χ0v) is 13.7. The van der Waals surface area contributed by atoms with E-state index in [1.54, 1.807) is 6.07 Å². The van der Waals surface area contributed by atoms with Gasteiger partial charge >= 0.3 is 0 Å². The first-order valence-corrected chi connectivity index (χ1v) is 7.52. The highest BCUT2D eigenvalue weighted by Gasteiger charge is 2.13. The molecule has 0 aliphatic carbocycles. The van der Waals surface area contributed by atoms with Crippen molar-refractivity contribution in [2.45, 2.75) is 19.9 Å². The van der Waals surface area contributed by atoms with E-state index in [0.29, 0.717) is 23.1 Å². The van der Waals surface area contributed by atoms with E-state index in [1.165, 1.54) is 7.11 Å². The first-order valence-electron chi connectivity index (χ1n) is 7.14. The van der Waals surface area contributed by atoms with Gasteiger partial charge in [-0.05, 0) is 37.6 Å². The maximum atomic E-state index is 10.8. The summed E-state index contributed by atoms with van der Waals surface area (Å²) in [6.07, 6.45) is 0.943. The van der Waals surface area contributed by atoms with Crippen molar-refractivity contribution in [1.29, 1.82) is 0 Å². The van der Waals surface area contributed by atoms with Crippen molar-refractivity contribution in [2.24, 2.45) is 5.73 Å². The van der Waals surface area contributed by atoms with Gasteiger partial charge in [0.15, 0.2) is 18.1 Å². The van der Waals surface area contributed by atoms with E-state index in [9.17, 15) is 4.79 Å². The molecule has 0 atom stereocenters. The molecular formula is C15H23ClN2O4. The first-order chi connectivity index (χ1) is 10.6. The maximum absolute atomic E-state index is 10.8. The largest absolute Gasteiger partial charge is 0.493 e. The predicted octanol–water partition coefficient (Wildman–Crippen LogP) is 1.73. The molecule has 0 unspecified atom stereocenters. The van der Waals surface area contributed by atoms with Crippen LogP contribution in [-0.2, 0) is 16.1 Å². The van der Waals surface area contributed by atoms with Gasteiger partial charge in [-0.3, -0.25) is 4.79 Å². The minimum atomic E-state index is -0.571. The molecule has 1 aromatic rings. The number of primary amides is 1. The van der Waals surface area contributed by atoms with Crippen molar-refractivity contribution in [3.63, 3.8) is 0 Å². The van der Waals surface area contributed by atoms with Crippen molar-refractivity contribution in [2.75, 3.05) is 33.5 Å². The van der Waals surface area contributed by atoms with Gasteiger partial charge in [-0.2, -0.15) is 0 Å². The highest BCUT2D eigenvalue weighted by molar-refractivity contribution is 6.32. The Balaban J connectivity index is 2.58. The standard InChI is InChI=1S/C15H23ClN2O4/c1-3-21-6-4-5-18-9-11-7-12(16)15(13(8-11)20-2)22-10-14(17)19/h7-8,18H,3-6,9-10H2,1-2H3,(H2,17,19). The van der Waals surface area contributed by atoms with E-state index in [-0.39, 0.29) is 6.61 Å². The number of benzene rings is 1. The summed E-state index contributed by atoms with van der Waals surface area (Å²) in [5.41, 5.74) is 6.02. The molecule has 0 aliphatic heterocycles. The molecule has 0 heterocycles. The number of hydrogen-bond donors (Lipinski definition) is 2. The summed E-state index contributed by atoms with van der Waals surface area (Å²) in [6.45, 7) is 4.71. The third kappa shape index (κ3) is 6.51. The molecule has 0 spiro atoms. The number of amides is 1. The second-order valence-electron chi connectivity index (χ2n) is 4.59. The zero-order chi connectivity index (χ0) is 16.4. The van der Waals surface area contributed by atoms with Crippen LogP contribution in [0.1, 0.15) is 18.9 Å². The van der Waals surface area contributed by atoms with Gasteiger partial charge in [0.1, 0.15) is 0 Å². The number of nitrogens with two attached hydrogens (primary N) is 1. The Hall–Kier alpha value is -1.50. The van der Waals surface area contributed by atoms with Crippen molar-refractivity contribution in [3.05, 3.63) is 22.7 Å². The number of hydrogen-bond acceptors (Lipinski definition) is 5. The molecule has 3 N–H and O–H groups in total. The number of halogens is 1. The molecule has 0 bridgehead atoms. The lowest BCUT2D eigenvalue weighted by molar-refractivity contribution is -0.119. The Morgan fingerprint density at radius 2 is 2.18 bits per heavy atom. The van der Waals surface area contributed by atoms with Crippen LogP contribution in [-0.4, -0.2) is 39.4 Å². The number of methoxy groups -OCH3 is 1. The lowest BCUT2D eigenvalue weighted by Crippen LogP contribution is -2.20. The molecule has 22 heavy (non-hydrogen) atoms. The van der Waals surface area contributed by atoms with E-state index < -0.39 is 5.91 Å². The third-order valence-electron chi connectivity index (χ3n) is 2.82. The van der Waals surface area contributed by atoms with Gasteiger partial charge in [0.25, 0.3) is 5.91 Å². The summed E-state index contributed by atoms with van der Waals surface area (Å²) in [6, 6.07) is 3.59. The monoisotopic (exact) mass is 330 g/mol. The van der Waals surface area contributed by atoms with E-state index >= 15 is 0 Å². The summed E-state index contributed by atoms with van der Waals surface area (Å²) >= 11 is 6.17. The predicted molar refractivity (Wildman–Crippen MR) is 85.5 cm³/mol. The van der Waals surface area contributed by atoms with Crippen LogP contribution in [0.15, 0.2) is 12.1 Å². The van der Waals surface area contributed by atoms with Gasteiger partial charge in [0.05, 0.1) is 12.1 Å². The lowest BCUT2D eigenvalue weighted by Gasteiger charge is -2.13. The molecule has 6 nitrogen and oxygen atoms in total. The molecule has 1 rings (SSSR count). The Kier molecular flexibility index (Phi) is 8.65.